The summed E-state index contributed by atoms with van der Waals surface area (Å²) in [6.07, 6.45) is 1.24. The van der Waals surface area contributed by atoms with Crippen molar-refractivity contribution in [1.82, 2.24) is 4.67 Å². The Morgan fingerprint density at radius 2 is 1.12 bits per heavy atom. The Morgan fingerprint density at radius 3 is 1.47 bits per heavy atom. The van der Waals surface area contributed by atoms with Crippen molar-refractivity contribution in [2.24, 2.45) is 0 Å². The Balaban J connectivity index is 2.49. The van der Waals surface area contributed by atoms with Crippen molar-refractivity contribution in [3.63, 3.8) is 0 Å². The van der Waals surface area contributed by atoms with Gasteiger partial charge >= 0.3 is 0 Å². The van der Waals surface area contributed by atoms with E-state index in [1.807, 2.05) is 0 Å². The summed E-state index contributed by atoms with van der Waals surface area (Å²) >= 11 is 0. The highest BCUT2D eigenvalue weighted by atomic mass is 31.1. The molecule has 174 valence electrons. The maximum absolute atomic E-state index is 7.17. The van der Waals surface area contributed by atoms with Gasteiger partial charge in [0.15, 0.2) is 0 Å². The molecule has 0 amide bonds. The molecule has 0 aromatic heterocycles. The van der Waals surface area contributed by atoms with E-state index >= 15 is 0 Å². The summed E-state index contributed by atoms with van der Waals surface area (Å²) in [5.41, 5.74) is 5.98. The minimum atomic E-state index is -0.403. The molecular weight excluding hydrogens is 424 g/mol. The van der Waals surface area contributed by atoms with Crippen LogP contribution in [0.5, 0.6) is 0 Å². The summed E-state index contributed by atoms with van der Waals surface area (Å²) < 4.78 is 2.61. The Labute approximate surface area is 201 Å². The highest BCUT2D eigenvalue weighted by Gasteiger charge is 2.32. The van der Waals surface area contributed by atoms with Crippen LogP contribution in [0.3, 0.4) is 0 Å². The van der Waals surface area contributed by atoms with Crippen molar-refractivity contribution < 1.29 is 0 Å². The highest BCUT2D eigenvalue weighted by Crippen LogP contribution is 2.55. The van der Waals surface area contributed by atoms with E-state index < -0.39 is 8.07 Å². The first-order valence-corrected chi connectivity index (χ1v) is 15.2. The average Bonchev–Trinajstić information content (AvgIpc) is 2.73. The van der Waals surface area contributed by atoms with Gasteiger partial charge in [-0.05, 0) is 48.0 Å². The van der Waals surface area contributed by atoms with Gasteiger partial charge in [0.2, 0.25) is 0 Å². The number of rotatable bonds is 12. The molecule has 0 saturated heterocycles. The summed E-state index contributed by atoms with van der Waals surface area (Å²) in [7, 11) is -0.440. The molecule has 0 N–H and O–H groups in total. The maximum Gasteiger partial charge on any atom is 0.0841 e. The lowest BCUT2D eigenvalue weighted by Gasteiger charge is -2.43. The van der Waals surface area contributed by atoms with Gasteiger partial charge in [0, 0.05) is 12.5 Å². The van der Waals surface area contributed by atoms with Crippen LogP contribution in [0.25, 0.3) is 0 Å². The second-order valence-corrected chi connectivity index (χ2v) is 16.5. The molecule has 1 nitrogen and oxygen atoms in total. The summed E-state index contributed by atoms with van der Waals surface area (Å²) in [5, 5.41) is 0. The fraction of sp³-hybridized carbons (Fsp3) is 0.483. The normalized spacial score (nSPS) is 11.9. The Hall–Kier alpha value is -1.38. The van der Waals surface area contributed by atoms with Crippen LogP contribution in [-0.2, 0) is 0 Å². The molecule has 0 bridgehead atoms. The first kappa shape index (κ1) is 26.9. The molecule has 2 aromatic carbocycles. The van der Waals surface area contributed by atoms with E-state index in [9.17, 15) is 0 Å². The summed E-state index contributed by atoms with van der Waals surface area (Å²) in [5.74, 6) is 1.17. The van der Waals surface area contributed by atoms with E-state index in [0.717, 1.165) is 23.6 Å². The Morgan fingerprint density at radius 1 is 0.719 bits per heavy atom. The number of hydrogen-bond donors (Lipinski definition) is 0. The third-order valence-electron chi connectivity index (χ3n) is 5.89. The fourth-order valence-corrected chi connectivity index (χ4v) is 10.4. The van der Waals surface area contributed by atoms with Gasteiger partial charge in [-0.2, -0.15) is 0 Å². The first-order valence-electron chi connectivity index (χ1n) is 12.1. The van der Waals surface area contributed by atoms with Crippen LogP contribution in [0, 0.1) is 12.5 Å². The third-order valence-corrected chi connectivity index (χ3v) is 12.4. The zero-order valence-corrected chi connectivity index (χ0v) is 23.2. The number of nitrogens with zero attached hydrogens (tertiary/aromatic N) is 1. The van der Waals surface area contributed by atoms with Crippen molar-refractivity contribution in [2.45, 2.75) is 78.0 Å². The van der Waals surface area contributed by atoms with Crippen LogP contribution in [0.2, 0.25) is 0 Å². The molecule has 0 aliphatic carbocycles. The van der Waals surface area contributed by atoms with E-state index in [-0.39, 0.29) is 7.92 Å². The van der Waals surface area contributed by atoms with Gasteiger partial charge in [0.05, 0.1) is 5.70 Å². The monoisotopic (exact) mass is 467 g/mol. The molecule has 0 saturated carbocycles. The predicted octanol–water partition coefficient (Wildman–Crippen LogP) is 8.79. The molecule has 0 radical (unpaired) electrons. The van der Waals surface area contributed by atoms with Crippen LogP contribution in [0.1, 0.15) is 66.5 Å². The van der Waals surface area contributed by atoms with E-state index in [1.54, 1.807) is 0 Å². The molecular formula is C29H43NP2. The van der Waals surface area contributed by atoms with Crippen LogP contribution < -0.4 is 0 Å². The van der Waals surface area contributed by atoms with Crippen LogP contribution >= 0.6 is 16.0 Å². The van der Waals surface area contributed by atoms with Gasteiger partial charge in [-0.15, -0.1) is 6.58 Å². The molecule has 32 heavy (non-hydrogen) atoms. The standard InChI is InChI=1S/C29H43NP2/c1-22(2)31(23(3)4)21-20-30(32(24(5)6)25(7)8)26(9)29(27-16-12-10-13-17-27)28-18-14-11-15-19-28/h9-19,22-25H,20-21H2,1-8H3. The molecule has 0 heterocycles. The summed E-state index contributed by atoms with van der Waals surface area (Å²) in [6.45, 7) is 27.2. The third kappa shape index (κ3) is 7.06. The van der Waals surface area contributed by atoms with Gasteiger partial charge in [-0.25, -0.2) is 0 Å². The minimum Gasteiger partial charge on any atom is -0.343 e. The second kappa shape index (κ2) is 12.8. The lowest BCUT2D eigenvalue weighted by molar-refractivity contribution is 0.572. The second-order valence-electron chi connectivity index (χ2n) is 9.61. The van der Waals surface area contributed by atoms with Crippen LogP contribution in [0.4, 0.5) is 0 Å². The van der Waals surface area contributed by atoms with Crippen LogP contribution in [-0.4, -0.2) is 40.0 Å². The van der Waals surface area contributed by atoms with Crippen molar-refractivity contribution in [3.05, 3.63) is 90.0 Å². The van der Waals surface area contributed by atoms with E-state index in [4.69, 9.17) is 6.58 Å². The summed E-state index contributed by atoms with van der Waals surface area (Å²) in [4.78, 5) is 0. The fourth-order valence-electron chi connectivity index (χ4n) is 4.64. The van der Waals surface area contributed by atoms with Gasteiger partial charge in [-0.1, -0.05) is 124 Å². The predicted molar refractivity (Wildman–Crippen MR) is 148 cm³/mol. The lowest BCUT2D eigenvalue weighted by Crippen LogP contribution is -2.31. The van der Waals surface area contributed by atoms with E-state index in [0.29, 0.717) is 11.3 Å². The molecule has 0 unspecified atom stereocenters. The topological polar surface area (TPSA) is 3.24 Å². The number of hydrogen-bond acceptors (Lipinski definition) is 1. The van der Waals surface area contributed by atoms with Crippen molar-refractivity contribution in [2.75, 3.05) is 12.7 Å². The summed E-state index contributed by atoms with van der Waals surface area (Å²) in [6, 6.07) is 21.4. The Kier molecular flexibility index (Phi) is 10.7. The average molecular weight is 468 g/mol. The van der Waals surface area contributed by atoms with Gasteiger partial charge in [0.25, 0.3) is 0 Å². The molecule has 0 fully saturated rings. The molecule has 0 aliphatic rings. The van der Waals surface area contributed by atoms with Gasteiger partial charge < -0.3 is 4.67 Å². The molecule has 0 spiro atoms. The maximum atomic E-state index is 7.17. The van der Waals surface area contributed by atoms with Crippen molar-refractivity contribution in [1.29, 1.82) is 0 Å². The number of allylic oxidation sites excluding steroid dienone is 1. The van der Waals surface area contributed by atoms with Crippen molar-refractivity contribution in [3.8, 4) is 0 Å². The lowest BCUT2D eigenvalue weighted by atomic mass is 9.89. The molecule has 0 atom stereocenters. The minimum absolute atomic E-state index is 0.0365. The SMILES string of the molecule is [CH+]=C([C-](c1ccccc1)c1ccccc1)N(CCP(C(C)C)C(C)C)P(C(C)C)C(C)C. The molecule has 3 heteroatoms. The number of benzene rings is 2. The highest BCUT2D eigenvalue weighted by molar-refractivity contribution is 7.59. The van der Waals surface area contributed by atoms with E-state index in [1.165, 1.54) is 23.2 Å². The molecule has 0 aliphatic heterocycles. The zero-order valence-electron chi connectivity index (χ0n) is 21.4. The van der Waals surface area contributed by atoms with Crippen molar-refractivity contribution >= 4 is 16.0 Å². The van der Waals surface area contributed by atoms with Crippen LogP contribution in [0.15, 0.2) is 66.4 Å². The van der Waals surface area contributed by atoms with Gasteiger partial charge in [-0.3, -0.25) is 0 Å². The first-order chi connectivity index (χ1) is 15.1. The molecule has 2 aromatic rings. The zero-order chi connectivity index (χ0) is 23.8. The Bertz CT molecular complexity index is 743. The van der Waals surface area contributed by atoms with E-state index in [2.05, 4.69) is 121 Å². The van der Waals surface area contributed by atoms with Gasteiger partial charge in [0.1, 0.15) is 0 Å². The molecule has 2 rings (SSSR count). The smallest absolute Gasteiger partial charge is 0.0841 e. The largest absolute Gasteiger partial charge is 0.343 e. The quantitative estimate of drug-likeness (QED) is 0.223.